The summed E-state index contributed by atoms with van der Waals surface area (Å²) >= 11 is 6.41. The zero-order valence-corrected chi connectivity index (χ0v) is 19.0. The quantitative estimate of drug-likeness (QED) is 0.445. The fourth-order valence-electron chi connectivity index (χ4n) is 3.33. The van der Waals surface area contributed by atoms with Crippen LogP contribution in [0, 0.1) is 6.92 Å². The van der Waals surface area contributed by atoms with E-state index < -0.39 is 0 Å². The van der Waals surface area contributed by atoms with Crippen molar-refractivity contribution in [3.63, 3.8) is 0 Å². The lowest BCUT2D eigenvalue weighted by Crippen LogP contribution is -2.50. The molecule has 2 unspecified atom stereocenters. The molecular weight excluding hydrogens is 376 g/mol. The first-order chi connectivity index (χ1) is 13.2. The van der Waals surface area contributed by atoms with Crippen molar-refractivity contribution in [1.29, 1.82) is 0 Å². The van der Waals surface area contributed by atoms with Crippen LogP contribution in [-0.2, 0) is 11.2 Å². The van der Waals surface area contributed by atoms with Gasteiger partial charge in [-0.3, -0.25) is 4.79 Å². The van der Waals surface area contributed by atoms with Crippen LogP contribution in [0.3, 0.4) is 0 Å². The Kier molecular flexibility index (Phi) is 9.76. The Hall–Kier alpha value is -1.79. The molecule has 6 nitrogen and oxygen atoms in total. The molecule has 1 heterocycles. The molecule has 0 bridgehead atoms. The molecule has 0 saturated carbocycles. The van der Waals surface area contributed by atoms with E-state index in [9.17, 15) is 4.79 Å². The van der Waals surface area contributed by atoms with Gasteiger partial charge in [0.25, 0.3) is 5.91 Å². The Labute approximate surface area is 174 Å². The van der Waals surface area contributed by atoms with Gasteiger partial charge in [0.1, 0.15) is 11.5 Å². The van der Waals surface area contributed by atoms with Crippen LogP contribution in [0.5, 0.6) is 0 Å². The largest absolute Gasteiger partial charge is 0.377 e. The molecule has 0 saturated heterocycles. The van der Waals surface area contributed by atoms with E-state index in [0.717, 1.165) is 42.2 Å². The molecule has 1 aromatic rings. The number of nitrogens with one attached hydrogen (secondary N) is 2. The number of amides is 1. The number of amidine groups is 1. The minimum Gasteiger partial charge on any atom is -0.377 e. The molecule has 0 aliphatic carbocycles. The number of aliphatic imine (C=N–C) groups is 1. The maximum atomic E-state index is 12.8. The van der Waals surface area contributed by atoms with Crippen molar-refractivity contribution in [3.8, 4) is 0 Å². The van der Waals surface area contributed by atoms with Crippen LogP contribution >= 0.6 is 11.6 Å². The lowest BCUT2D eigenvalue weighted by Gasteiger charge is -2.32. The zero-order valence-electron chi connectivity index (χ0n) is 18.3. The summed E-state index contributed by atoms with van der Waals surface area (Å²) in [7, 11) is 1.67. The summed E-state index contributed by atoms with van der Waals surface area (Å²) in [5.74, 6) is 0.672. The van der Waals surface area contributed by atoms with Gasteiger partial charge in [0.2, 0.25) is 0 Å². The Morgan fingerprint density at radius 1 is 1.36 bits per heavy atom. The number of methoxy groups -OCH3 is 1. The molecule has 28 heavy (non-hydrogen) atoms. The number of H-pyrrole nitrogens is 1. The Morgan fingerprint density at radius 2 is 2.00 bits per heavy atom. The maximum Gasteiger partial charge on any atom is 0.269 e. The van der Waals surface area contributed by atoms with E-state index in [-0.39, 0.29) is 18.1 Å². The van der Waals surface area contributed by atoms with Crippen molar-refractivity contribution in [3.05, 3.63) is 34.2 Å². The van der Waals surface area contributed by atoms with E-state index in [4.69, 9.17) is 16.3 Å². The molecule has 2 atom stereocenters. The summed E-state index contributed by atoms with van der Waals surface area (Å²) in [6, 6.07) is -0.158. The van der Waals surface area contributed by atoms with Crippen LogP contribution in [0.25, 0.3) is 0 Å². The predicted molar refractivity (Wildman–Crippen MR) is 117 cm³/mol. The van der Waals surface area contributed by atoms with Gasteiger partial charge in [-0.2, -0.15) is 0 Å². The van der Waals surface area contributed by atoms with Crippen molar-refractivity contribution in [2.75, 3.05) is 20.2 Å². The number of rotatable bonds is 10. The third-order valence-electron chi connectivity index (χ3n) is 4.93. The number of carbonyl (C=O) groups is 1. The number of hydrogen-bond donors (Lipinski definition) is 2. The number of allylic oxidation sites excluding steroid dienone is 1. The number of nitrogens with zero attached hydrogens (tertiary/aromatic N) is 2. The third kappa shape index (κ3) is 6.11. The van der Waals surface area contributed by atoms with E-state index in [1.807, 2.05) is 34.6 Å². The molecule has 0 spiro atoms. The number of halogens is 1. The monoisotopic (exact) mass is 410 g/mol. The van der Waals surface area contributed by atoms with Crippen molar-refractivity contribution in [2.45, 2.75) is 66.5 Å². The smallest absolute Gasteiger partial charge is 0.269 e. The van der Waals surface area contributed by atoms with Gasteiger partial charge in [-0.1, -0.05) is 32.0 Å². The molecular formula is C21H35ClN4O2. The lowest BCUT2D eigenvalue weighted by atomic mass is 10.1. The van der Waals surface area contributed by atoms with Gasteiger partial charge < -0.3 is 19.9 Å². The van der Waals surface area contributed by atoms with Crippen molar-refractivity contribution < 1.29 is 9.53 Å². The standard InChI is InChI=1S/C21H35ClN4O2/c1-9-16-14(6)24-20(19(16)22)21(27)25-17(10-2)18(28-8)12-26(11-3)15(7)23-13(4)5/h17-18,24H,4,9-12H2,1-3,5-8H3,(H,25,27). The molecule has 158 valence electrons. The molecule has 0 radical (unpaired) electrons. The van der Waals surface area contributed by atoms with Gasteiger partial charge in [0, 0.05) is 31.6 Å². The molecule has 7 heteroatoms. The van der Waals surface area contributed by atoms with Crippen LogP contribution in [0.2, 0.25) is 5.02 Å². The van der Waals surface area contributed by atoms with Crippen molar-refractivity contribution in [2.24, 2.45) is 4.99 Å². The first-order valence-electron chi connectivity index (χ1n) is 9.86. The third-order valence-corrected chi connectivity index (χ3v) is 5.35. The van der Waals surface area contributed by atoms with Crippen LogP contribution in [0.15, 0.2) is 17.3 Å². The summed E-state index contributed by atoms with van der Waals surface area (Å²) < 4.78 is 5.73. The molecule has 0 aromatic carbocycles. The Bertz CT molecular complexity index is 712. The van der Waals surface area contributed by atoms with Gasteiger partial charge in [-0.05, 0) is 46.1 Å². The second-order valence-corrected chi connectivity index (χ2v) is 7.34. The second kappa shape index (κ2) is 11.3. The van der Waals surface area contributed by atoms with Gasteiger partial charge in [0.05, 0.1) is 17.2 Å². The first-order valence-corrected chi connectivity index (χ1v) is 10.2. The number of carbonyl (C=O) groups excluding carboxylic acids is 1. The average molecular weight is 411 g/mol. The van der Waals surface area contributed by atoms with Gasteiger partial charge in [-0.25, -0.2) is 4.99 Å². The first kappa shape index (κ1) is 24.2. The Balaban J connectivity index is 2.97. The van der Waals surface area contributed by atoms with E-state index in [2.05, 4.69) is 33.7 Å². The fraction of sp³-hybridized carbons (Fsp3) is 0.619. The molecule has 1 amide bonds. The summed E-state index contributed by atoms with van der Waals surface area (Å²) in [4.78, 5) is 22.5. The number of hydrogen-bond acceptors (Lipinski definition) is 3. The normalized spacial score (nSPS) is 13.9. The van der Waals surface area contributed by atoms with Gasteiger partial charge in [-0.15, -0.1) is 0 Å². The van der Waals surface area contributed by atoms with Crippen LogP contribution in [0.4, 0.5) is 0 Å². The summed E-state index contributed by atoms with van der Waals surface area (Å²) in [6.07, 6.45) is 1.32. The highest BCUT2D eigenvalue weighted by Gasteiger charge is 2.27. The number of aromatic amines is 1. The number of aromatic nitrogens is 1. The van der Waals surface area contributed by atoms with E-state index in [0.29, 0.717) is 17.3 Å². The van der Waals surface area contributed by atoms with E-state index >= 15 is 0 Å². The zero-order chi connectivity index (χ0) is 21.4. The molecule has 0 aliphatic heterocycles. The minimum atomic E-state index is -0.211. The highest BCUT2D eigenvalue weighted by molar-refractivity contribution is 6.34. The Morgan fingerprint density at radius 3 is 2.43 bits per heavy atom. The number of aryl methyl sites for hydroxylation is 1. The van der Waals surface area contributed by atoms with Crippen LogP contribution in [0.1, 0.15) is 62.8 Å². The van der Waals surface area contributed by atoms with E-state index in [1.54, 1.807) is 7.11 Å². The minimum absolute atomic E-state index is 0.158. The topological polar surface area (TPSA) is 69.7 Å². The summed E-state index contributed by atoms with van der Waals surface area (Å²) in [5.41, 5.74) is 3.08. The fourth-order valence-corrected chi connectivity index (χ4v) is 3.74. The molecule has 0 fully saturated rings. The average Bonchev–Trinajstić information content (AvgIpc) is 2.94. The highest BCUT2D eigenvalue weighted by atomic mass is 35.5. The van der Waals surface area contributed by atoms with Crippen LogP contribution in [-0.4, -0.2) is 54.0 Å². The van der Waals surface area contributed by atoms with Crippen LogP contribution < -0.4 is 5.32 Å². The number of ether oxygens (including phenoxy) is 1. The highest BCUT2D eigenvalue weighted by Crippen LogP contribution is 2.25. The SMILES string of the molecule is C=C(C)N=C(C)N(CC)CC(OC)C(CC)NC(=O)c1[nH]c(C)c(CC)c1Cl. The van der Waals surface area contributed by atoms with E-state index in [1.165, 1.54) is 0 Å². The van der Waals surface area contributed by atoms with Gasteiger partial charge in [0.15, 0.2) is 0 Å². The lowest BCUT2D eigenvalue weighted by molar-refractivity contribution is 0.0466. The molecule has 2 N–H and O–H groups in total. The molecule has 1 aromatic heterocycles. The summed E-state index contributed by atoms with van der Waals surface area (Å²) in [5, 5.41) is 3.59. The molecule has 1 rings (SSSR count). The van der Waals surface area contributed by atoms with Crippen molar-refractivity contribution in [1.82, 2.24) is 15.2 Å². The maximum absolute atomic E-state index is 12.8. The molecule has 0 aliphatic rings. The van der Waals surface area contributed by atoms with Gasteiger partial charge >= 0.3 is 0 Å². The number of likely N-dealkylation sites (N-methyl/N-ethyl adjacent to an activating group) is 1. The second-order valence-electron chi connectivity index (χ2n) is 6.97. The predicted octanol–water partition coefficient (Wildman–Crippen LogP) is 4.34. The van der Waals surface area contributed by atoms with Crippen molar-refractivity contribution >= 4 is 23.3 Å². The summed E-state index contributed by atoms with van der Waals surface area (Å²) in [6.45, 7) is 17.1.